The molecule has 5 rings (SSSR count). The second-order valence-electron chi connectivity index (χ2n) is 8.03. The maximum atomic E-state index is 13.1. The number of nitrogens with one attached hydrogen (secondary N) is 1. The number of rotatable bonds is 4. The molecule has 0 bridgehead atoms. The number of nitrogens with zero attached hydrogens (tertiary/aromatic N) is 2. The summed E-state index contributed by atoms with van der Waals surface area (Å²) in [5, 5.41) is 3.80. The number of amides is 1. The molecule has 0 atom stereocenters. The van der Waals surface area contributed by atoms with E-state index >= 15 is 0 Å². The van der Waals surface area contributed by atoms with Gasteiger partial charge in [0.25, 0.3) is 0 Å². The molecule has 0 unspecified atom stereocenters. The van der Waals surface area contributed by atoms with Gasteiger partial charge in [0.1, 0.15) is 17.8 Å². The van der Waals surface area contributed by atoms with Gasteiger partial charge in [0.15, 0.2) is 0 Å². The Hall–Kier alpha value is -4.74. The zero-order chi connectivity index (χ0) is 27.1. The number of carbonyl (C=O) groups excluding carboxylic acids is 1. The van der Waals surface area contributed by atoms with Gasteiger partial charge in [-0.1, -0.05) is 24.3 Å². The molecular weight excluding hydrogens is 516 g/mol. The fourth-order valence-corrected chi connectivity index (χ4v) is 3.93. The summed E-state index contributed by atoms with van der Waals surface area (Å²) in [6.07, 6.45) is -9.05. The number of imidazole rings is 1. The van der Waals surface area contributed by atoms with E-state index in [9.17, 15) is 31.1 Å². The van der Waals surface area contributed by atoms with Crippen LogP contribution in [-0.2, 0) is 6.18 Å². The van der Waals surface area contributed by atoms with Crippen LogP contribution in [0.15, 0.2) is 85.2 Å². The average Bonchev–Trinajstić information content (AvgIpc) is 3.27. The van der Waals surface area contributed by atoms with Gasteiger partial charge in [-0.05, 0) is 60.0 Å². The number of ether oxygens (including phenoxy) is 2. The van der Waals surface area contributed by atoms with Crippen molar-refractivity contribution in [1.82, 2.24) is 9.55 Å². The third kappa shape index (κ3) is 5.19. The minimum Gasteiger partial charge on any atom is -0.409 e. The highest BCUT2D eigenvalue weighted by Gasteiger charge is 2.34. The molecule has 6 nitrogen and oxygen atoms in total. The van der Waals surface area contributed by atoms with Crippen LogP contribution >= 0.6 is 0 Å². The molecule has 0 saturated heterocycles. The number of hydrogen-bond donors (Lipinski definition) is 1. The van der Waals surface area contributed by atoms with E-state index in [1.54, 1.807) is 34.9 Å². The summed E-state index contributed by atoms with van der Waals surface area (Å²) in [5.74, 6) is -0.972. The summed E-state index contributed by atoms with van der Waals surface area (Å²) in [6.45, 7) is 0. The van der Waals surface area contributed by atoms with Crippen LogP contribution in [0.1, 0.15) is 5.56 Å². The summed E-state index contributed by atoms with van der Waals surface area (Å²) in [4.78, 5) is 16.7. The van der Waals surface area contributed by atoms with Crippen molar-refractivity contribution in [3.05, 3.63) is 90.8 Å². The zero-order valence-electron chi connectivity index (χ0n) is 19.0. The van der Waals surface area contributed by atoms with Crippen molar-refractivity contribution in [2.75, 3.05) is 5.32 Å². The van der Waals surface area contributed by atoms with E-state index in [0.717, 1.165) is 12.1 Å². The van der Waals surface area contributed by atoms with Gasteiger partial charge in [-0.15, -0.1) is 13.2 Å². The Labute approximate surface area is 210 Å². The van der Waals surface area contributed by atoms with Crippen molar-refractivity contribution < 1.29 is 40.6 Å². The van der Waals surface area contributed by atoms with Gasteiger partial charge in [-0.25, -0.2) is 9.78 Å². The van der Waals surface area contributed by atoms with E-state index in [4.69, 9.17) is 4.74 Å². The lowest BCUT2D eigenvalue weighted by Gasteiger charge is -2.13. The fourth-order valence-electron chi connectivity index (χ4n) is 3.93. The molecule has 1 amide bonds. The highest BCUT2D eigenvalue weighted by atomic mass is 19.4. The molecule has 5 aromatic rings. The normalized spacial score (nSPS) is 12.1. The summed E-state index contributed by atoms with van der Waals surface area (Å²) in [5.41, 5.74) is 1.03. The summed E-state index contributed by atoms with van der Waals surface area (Å²) < 4.78 is 87.2. The molecule has 0 spiro atoms. The van der Waals surface area contributed by atoms with Gasteiger partial charge in [0.2, 0.25) is 0 Å². The fraction of sp³-hybridized carbons (Fsp3) is 0.0769. The van der Waals surface area contributed by atoms with Gasteiger partial charge in [-0.3, -0.25) is 9.88 Å². The minimum atomic E-state index is -4.79. The van der Waals surface area contributed by atoms with Crippen molar-refractivity contribution in [1.29, 1.82) is 0 Å². The van der Waals surface area contributed by atoms with Crippen molar-refractivity contribution in [3.63, 3.8) is 0 Å². The van der Waals surface area contributed by atoms with Crippen LogP contribution in [-0.4, -0.2) is 22.0 Å². The molecule has 194 valence electrons. The van der Waals surface area contributed by atoms with Crippen molar-refractivity contribution in [2.45, 2.75) is 12.5 Å². The Bertz CT molecular complexity index is 1640. The van der Waals surface area contributed by atoms with Crippen LogP contribution in [0.5, 0.6) is 11.5 Å². The minimum absolute atomic E-state index is 0.283. The van der Waals surface area contributed by atoms with Crippen LogP contribution < -0.4 is 14.8 Å². The number of aromatic nitrogens is 2. The zero-order valence-corrected chi connectivity index (χ0v) is 19.0. The molecule has 12 heteroatoms. The van der Waals surface area contributed by atoms with Crippen LogP contribution in [0.2, 0.25) is 0 Å². The topological polar surface area (TPSA) is 65.4 Å². The van der Waals surface area contributed by atoms with Gasteiger partial charge >= 0.3 is 18.6 Å². The van der Waals surface area contributed by atoms with Gasteiger partial charge in [0, 0.05) is 16.8 Å². The maximum absolute atomic E-state index is 13.1. The first-order valence-corrected chi connectivity index (χ1v) is 10.9. The van der Waals surface area contributed by atoms with Crippen molar-refractivity contribution in [2.24, 2.45) is 0 Å². The van der Waals surface area contributed by atoms with Crippen LogP contribution in [0.3, 0.4) is 0 Å². The number of anilines is 1. The molecule has 0 aliphatic carbocycles. The molecule has 0 aliphatic heterocycles. The van der Waals surface area contributed by atoms with Gasteiger partial charge in [-0.2, -0.15) is 13.2 Å². The molecular formula is C26H15F6N3O3. The van der Waals surface area contributed by atoms with Crippen LogP contribution in [0.25, 0.3) is 27.5 Å². The lowest BCUT2D eigenvalue weighted by Crippen LogP contribution is -2.19. The summed E-state index contributed by atoms with van der Waals surface area (Å²) in [7, 11) is 0. The van der Waals surface area contributed by atoms with Gasteiger partial charge in [0.05, 0.1) is 16.6 Å². The van der Waals surface area contributed by atoms with E-state index in [1.165, 1.54) is 42.7 Å². The molecule has 38 heavy (non-hydrogen) atoms. The number of fused-ring (bicyclic) bond motifs is 3. The summed E-state index contributed by atoms with van der Waals surface area (Å²) in [6, 6.07) is 18.0. The first-order valence-electron chi connectivity index (χ1n) is 10.9. The molecule has 0 radical (unpaired) electrons. The summed E-state index contributed by atoms with van der Waals surface area (Å²) >= 11 is 0. The van der Waals surface area contributed by atoms with Crippen LogP contribution in [0.4, 0.5) is 36.8 Å². The van der Waals surface area contributed by atoms with Crippen molar-refractivity contribution in [3.8, 4) is 17.2 Å². The Balaban J connectivity index is 1.37. The first-order chi connectivity index (χ1) is 18.0. The van der Waals surface area contributed by atoms with Gasteiger partial charge < -0.3 is 9.47 Å². The number of benzene rings is 4. The van der Waals surface area contributed by atoms with E-state index in [0.29, 0.717) is 27.5 Å². The smallest absolute Gasteiger partial charge is 0.409 e. The Kier molecular flexibility index (Phi) is 6.09. The Morgan fingerprint density at radius 1 is 0.868 bits per heavy atom. The molecule has 0 saturated carbocycles. The molecule has 0 fully saturated rings. The Morgan fingerprint density at radius 3 is 2.32 bits per heavy atom. The lowest BCUT2D eigenvalue weighted by atomic mass is 10.1. The van der Waals surface area contributed by atoms with E-state index in [-0.39, 0.29) is 11.4 Å². The monoisotopic (exact) mass is 531 g/mol. The predicted octanol–water partition coefficient (Wildman–Crippen LogP) is 7.71. The highest BCUT2D eigenvalue weighted by Crippen LogP contribution is 2.36. The SMILES string of the molecule is O=C(Nc1ccc2c(ccc3c2ncn3-c2ccc(OC(F)(F)F)cc2)c1)Oc1ccccc1C(F)(F)F. The lowest BCUT2D eigenvalue weighted by molar-refractivity contribution is -0.274. The average molecular weight is 531 g/mol. The van der Waals surface area contributed by atoms with E-state index in [2.05, 4.69) is 15.0 Å². The second-order valence-corrected chi connectivity index (χ2v) is 8.03. The van der Waals surface area contributed by atoms with E-state index in [1.807, 2.05) is 0 Å². The quantitative estimate of drug-likeness (QED) is 0.241. The number of carbonyl (C=O) groups is 1. The first kappa shape index (κ1) is 24.9. The number of para-hydroxylation sites is 1. The van der Waals surface area contributed by atoms with Crippen LogP contribution in [0, 0.1) is 0 Å². The maximum Gasteiger partial charge on any atom is 0.573 e. The molecule has 1 N–H and O–H groups in total. The van der Waals surface area contributed by atoms with E-state index < -0.39 is 29.9 Å². The second kappa shape index (κ2) is 9.29. The molecule has 4 aromatic carbocycles. The standard InChI is InChI=1S/C26H15F6N3O3/c27-25(28,29)20-3-1-2-4-22(20)37-24(36)34-16-6-11-19-15(13-16)5-12-21-23(19)33-14-35(21)17-7-9-18(10-8-17)38-26(30,31)32/h1-14H,(H,34,36). The number of halogens is 6. The third-order valence-corrected chi connectivity index (χ3v) is 5.52. The molecule has 1 aromatic heterocycles. The molecule has 0 aliphatic rings. The third-order valence-electron chi connectivity index (χ3n) is 5.52. The molecule has 1 heterocycles. The number of alkyl halides is 6. The highest BCUT2D eigenvalue weighted by molar-refractivity contribution is 6.06. The van der Waals surface area contributed by atoms with Crippen molar-refractivity contribution >= 4 is 33.6 Å². The largest absolute Gasteiger partial charge is 0.573 e. The number of hydrogen-bond acceptors (Lipinski definition) is 4. The predicted molar refractivity (Wildman–Crippen MR) is 126 cm³/mol. The Morgan fingerprint density at radius 2 is 1.61 bits per heavy atom.